The smallest absolute Gasteiger partial charge is 0.0701 e. The molecular formula is C10H16BrNS2. The van der Waals surface area contributed by atoms with Crippen LogP contribution in [0.25, 0.3) is 0 Å². The van der Waals surface area contributed by atoms with Gasteiger partial charge in [0.25, 0.3) is 0 Å². The van der Waals surface area contributed by atoms with Gasteiger partial charge >= 0.3 is 0 Å². The second-order valence-electron chi connectivity index (χ2n) is 3.55. The van der Waals surface area contributed by atoms with Crippen LogP contribution in [0.5, 0.6) is 0 Å². The minimum atomic E-state index is 0.285. The molecule has 1 aromatic heterocycles. The third-order valence-electron chi connectivity index (χ3n) is 1.74. The van der Waals surface area contributed by atoms with Crippen LogP contribution in [0.3, 0.4) is 0 Å². The monoisotopic (exact) mass is 293 g/mol. The highest BCUT2D eigenvalue weighted by Gasteiger charge is 2.07. The van der Waals surface area contributed by atoms with Crippen LogP contribution in [-0.4, -0.2) is 17.0 Å². The van der Waals surface area contributed by atoms with Crippen LogP contribution >= 0.6 is 39.0 Å². The average molecular weight is 294 g/mol. The van der Waals surface area contributed by atoms with Gasteiger partial charge in [0.1, 0.15) is 0 Å². The molecule has 0 aliphatic carbocycles. The zero-order chi connectivity index (χ0) is 10.6. The Morgan fingerprint density at radius 2 is 2.21 bits per heavy atom. The summed E-state index contributed by atoms with van der Waals surface area (Å²) in [5.41, 5.74) is 6.03. The average Bonchev–Trinajstić information content (AvgIpc) is 2.48. The summed E-state index contributed by atoms with van der Waals surface area (Å²) in [5, 5.41) is 0.677. The van der Waals surface area contributed by atoms with Gasteiger partial charge < -0.3 is 5.73 Å². The van der Waals surface area contributed by atoms with Crippen molar-refractivity contribution in [2.75, 3.05) is 5.75 Å². The Balaban J connectivity index is 2.30. The second-order valence-corrected chi connectivity index (χ2v) is 7.71. The van der Waals surface area contributed by atoms with Crippen LogP contribution in [-0.2, 0) is 6.42 Å². The minimum Gasteiger partial charge on any atom is -0.327 e. The maximum Gasteiger partial charge on any atom is 0.0701 e. The van der Waals surface area contributed by atoms with E-state index in [-0.39, 0.29) is 6.04 Å². The number of hydrogen-bond donors (Lipinski definition) is 1. The van der Waals surface area contributed by atoms with E-state index in [1.807, 2.05) is 11.8 Å². The summed E-state index contributed by atoms with van der Waals surface area (Å²) in [5.74, 6) is 1.05. The summed E-state index contributed by atoms with van der Waals surface area (Å²) >= 11 is 7.17. The Kier molecular flexibility index (Phi) is 5.52. The molecule has 0 fully saturated rings. The van der Waals surface area contributed by atoms with Gasteiger partial charge in [-0.05, 0) is 39.7 Å². The molecule has 0 aromatic carbocycles. The molecule has 1 heterocycles. The fourth-order valence-corrected chi connectivity index (χ4v) is 3.42. The molecular weight excluding hydrogens is 278 g/mol. The predicted molar refractivity (Wildman–Crippen MR) is 71.3 cm³/mol. The Morgan fingerprint density at radius 1 is 1.50 bits per heavy atom. The third-order valence-corrected chi connectivity index (χ3v) is 4.67. The lowest BCUT2D eigenvalue weighted by molar-refractivity contribution is 0.756. The van der Waals surface area contributed by atoms with Crippen LogP contribution in [0.4, 0.5) is 0 Å². The summed E-state index contributed by atoms with van der Waals surface area (Å²) in [4.78, 5) is 1.37. The van der Waals surface area contributed by atoms with Crippen molar-refractivity contribution in [3.63, 3.8) is 0 Å². The van der Waals surface area contributed by atoms with Gasteiger partial charge in [-0.2, -0.15) is 11.8 Å². The summed E-state index contributed by atoms with van der Waals surface area (Å²) in [6.07, 6.45) is 0.996. The lowest BCUT2D eigenvalue weighted by Gasteiger charge is -2.11. The van der Waals surface area contributed by atoms with E-state index in [2.05, 4.69) is 41.9 Å². The summed E-state index contributed by atoms with van der Waals surface area (Å²) in [6, 6.07) is 4.52. The summed E-state index contributed by atoms with van der Waals surface area (Å²) in [7, 11) is 0. The van der Waals surface area contributed by atoms with Gasteiger partial charge in [0, 0.05) is 16.7 Å². The largest absolute Gasteiger partial charge is 0.327 e. The molecule has 14 heavy (non-hydrogen) atoms. The van der Waals surface area contributed by atoms with E-state index in [4.69, 9.17) is 5.73 Å². The number of hydrogen-bond acceptors (Lipinski definition) is 3. The van der Waals surface area contributed by atoms with E-state index in [0.29, 0.717) is 5.25 Å². The van der Waals surface area contributed by atoms with Crippen LogP contribution < -0.4 is 5.73 Å². The first kappa shape index (κ1) is 12.6. The molecule has 0 amide bonds. The maximum absolute atomic E-state index is 6.03. The number of thiophene rings is 1. The Bertz CT molecular complexity index is 273. The van der Waals surface area contributed by atoms with E-state index >= 15 is 0 Å². The van der Waals surface area contributed by atoms with E-state index < -0.39 is 0 Å². The quantitative estimate of drug-likeness (QED) is 0.899. The van der Waals surface area contributed by atoms with Crippen molar-refractivity contribution in [2.24, 2.45) is 5.73 Å². The molecule has 0 bridgehead atoms. The van der Waals surface area contributed by atoms with Gasteiger partial charge in [0.05, 0.1) is 3.79 Å². The normalized spacial score (nSPS) is 13.5. The van der Waals surface area contributed by atoms with Crippen LogP contribution in [0.2, 0.25) is 0 Å². The van der Waals surface area contributed by atoms with Crippen molar-refractivity contribution < 1.29 is 0 Å². The SMILES string of the molecule is CC(C)SCC(N)Cc1ccc(Br)s1. The molecule has 0 radical (unpaired) electrons. The zero-order valence-corrected chi connectivity index (χ0v) is 11.7. The fraction of sp³-hybridized carbons (Fsp3) is 0.600. The lowest BCUT2D eigenvalue weighted by Crippen LogP contribution is -2.25. The molecule has 0 saturated heterocycles. The Morgan fingerprint density at radius 3 is 2.71 bits per heavy atom. The molecule has 0 aliphatic heterocycles. The molecule has 2 N–H and O–H groups in total. The van der Waals surface area contributed by atoms with Crippen molar-refractivity contribution in [1.29, 1.82) is 0 Å². The Labute approximate surface area is 103 Å². The maximum atomic E-state index is 6.03. The first-order valence-electron chi connectivity index (χ1n) is 4.69. The lowest BCUT2D eigenvalue weighted by atomic mass is 10.2. The standard InChI is InChI=1S/C10H16BrNS2/c1-7(2)13-6-8(12)5-9-3-4-10(11)14-9/h3-4,7-8H,5-6,12H2,1-2H3. The highest BCUT2D eigenvalue weighted by atomic mass is 79.9. The van der Waals surface area contributed by atoms with Gasteiger partial charge in [-0.3, -0.25) is 0 Å². The van der Waals surface area contributed by atoms with E-state index in [9.17, 15) is 0 Å². The van der Waals surface area contributed by atoms with Crippen molar-refractivity contribution >= 4 is 39.0 Å². The van der Waals surface area contributed by atoms with Crippen LogP contribution in [0, 0.1) is 0 Å². The van der Waals surface area contributed by atoms with Crippen molar-refractivity contribution in [3.05, 3.63) is 20.8 Å². The van der Waals surface area contributed by atoms with E-state index in [0.717, 1.165) is 12.2 Å². The van der Waals surface area contributed by atoms with E-state index in [1.165, 1.54) is 8.66 Å². The highest BCUT2D eigenvalue weighted by Crippen LogP contribution is 2.23. The molecule has 0 aliphatic rings. The molecule has 1 aromatic rings. The molecule has 80 valence electrons. The van der Waals surface area contributed by atoms with Gasteiger partial charge in [0.2, 0.25) is 0 Å². The summed E-state index contributed by atoms with van der Waals surface area (Å²) in [6.45, 7) is 4.41. The number of halogens is 1. The van der Waals surface area contributed by atoms with Gasteiger partial charge in [0.15, 0.2) is 0 Å². The number of thioether (sulfide) groups is 1. The van der Waals surface area contributed by atoms with Gasteiger partial charge in [-0.1, -0.05) is 13.8 Å². The topological polar surface area (TPSA) is 26.0 Å². The zero-order valence-electron chi connectivity index (χ0n) is 8.50. The minimum absolute atomic E-state index is 0.285. The highest BCUT2D eigenvalue weighted by molar-refractivity contribution is 9.11. The molecule has 0 saturated carbocycles. The Hall–Kier alpha value is 0.490. The molecule has 1 unspecified atom stereocenters. The van der Waals surface area contributed by atoms with Crippen molar-refractivity contribution in [2.45, 2.75) is 31.6 Å². The first-order chi connectivity index (χ1) is 6.58. The van der Waals surface area contributed by atoms with Gasteiger partial charge in [-0.25, -0.2) is 0 Å². The summed E-state index contributed by atoms with van der Waals surface area (Å²) < 4.78 is 1.19. The van der Waals surface area contributed by atoms with Crippen LogP contribution in [0.1, 0.15) is 18.7 Å². The third kappa shape index (κ3) is 4.82. The molecule has 4 heteroatoms. The van der Waals surface area contributed by atoms with Crippen molar-refractivity contribution in [1.82, 2.24) is 0 Å². The fourth-order valence-electron chi connectivity index (χ4n) is 1.09. The molecule has 1 nitrogen and oxygen atoms in total. The predicted octanol–water partition coefficient (Wildman–Crippen LogP) is 3.52. The second kappa shape index (κ2) is 6.16. The van der Waals surface area contributed by atoms with Crippen molar-refractivity contribution in [3.8, 4) is 0 Å². The number of rotatable bonds is 5. The molecule has 1 atom stereocenters. The first-order valence-corrected chi connectivity index (χ1v) is 7.35. The van der Waals surface area contributed by atoms with Gasteiger partial charge in [-0.15, -0.1) is 11.3 Å². The molecule has 0 spiro atoms. The number of nitrogens with two attached hydrogens (primary N) is 1. The molecule has 1 rings (SSSR count). The van der Waals surface area contributed by atoms with Crippen LogP contribution in [0.15, 0.2) is 15.9 Å². The van der Waals surface area contributed by atoms with E-state index in [1.54, 1.807) is 11.3 Å².